The fourth-order valence-electron chi connectivity index (χ4n) is 1.81. The number of benzene rings is 1. The van der Waals surface area contributed by atoms with Crippen molar-refractivity contribution in [3.8, 4) is 0 Å². The predicted octanol–water partition coefficient (Wildman–Crippen LogP) is 2.07. The molecule has 0 heterocycles. The normalized spacial score (nSPS) is 23.1. The molecule has 0 saturated carbocycles. The zero-order valence-corrected chi connectivity index (χ0v) is 10.0. The molecule has 0 N–H and O–H groups in total. The van der Waals surface area contributed by atoms with E-state index in [1.807, 2.05) is 0 Å². The van der Waals surface area contributed by atoms with E-state index < -0.39 is 17.4 Å². The Morgan fingerprint density at radius 2 is 2.25 bits per heavy atom. The number of hydrogen-bond donors (Lipinski definition) is 0. The Morgan fingerprint density at radius 3 is 2.88 bits per heavy atom. The number of ether oxygens (including phenoxy) is 1. The fraction of sp³-hybridized carbons (Fsp3) is 0.273. The summed E-state index contributed by atoms with van der Waals surface area (Å²) in [6.45, 7) is 0. The van der Waals surface area contributed by atoms with Gasteiger partial charge in [-0.05, 0) is 23.8 Å². The first-order chi connectivity index (χ1) is 7.49. The van der Waals surface area contributed by atoms with E-state index in [4.69, 9.17) is 0 Å². The third-order valence-corrected chi connectivity index (χ3v) is 3.11. The molecule has 3 nitrogen and oxygen atoms in total. The summed E-state index contributed by atoms with van der Waals surface area (Å²) >= 11 is 3.23. The lowest BCUT2D eigenvalue weighted by Gasteiger charge is -2.13. The molecule has 16 heavy (non-hydrogen) atoms. The van der Waals surface area contributed by atoms with E-state index in [-0.39, 0.29) is 12.0 Å². The van der Waals surface area contributed by atoms with E-state index in [9.17, 15) is 14.0 Å². The summed E-state index contributed by atoms with van der Waals surface area (Å²) in [7, 11) is 1.07. The Balaban J connectivity index is 2.48. The monoisotopic (exact) mass is 286 g/mol. The number of rotatable bonds is 1. The van der Waals surface area contributed by atoms with Crippen LogP contribution in [0.2, 0.25) is 0 Å². The van der Waals surface area contributed by atoms with E-state index in [0.717, 1.165) is 11.6 Å². The molecule has 0 aliphatic heterocycles. The van der Waals surface area contributed by atoms with Crippen LogP contribution in [0.4, 0.5) is 4.39 Å². The summed E-state index contributed by atoms with van der Waals surface area (Å²) in [5, 5.41) is 0. The van der Waals surface area contributed by atoms with E-state index in [1.165, 1.54) is 6.07 Å². The van der Waals surface area contributed by atoms with Gasteiger partial charge in [-0.2, -0.15) is 0 Å². The highest BCUT2D eigenvalue weighted by Crippen LogP contribution is 2.35. The molecule has 1 unspecified atom stereocenters. The van der Waals surface area contributed by atoms with Crippen LogP contribution < -0.4 is 0 Å². The summed E-state index contributed by atoms with van der Waals surface area (Å²) in [6.07, 6.45) is -0.257. The molecule has 5 heteroatoms. The Bertz CT molecular complexity index is 486. The lowest BCUT2D eigenvalue weighted by atomic mass is 10.0. The van der Waals surface area contributed by atoms with Crippen molar-refractivity contribution >= 4 is 27.7 Å². The van der Waals surface area contributed by atoms with Crippen LogP contribution in [0.15, 0.2) is 22.7 Å². The topological polar surface area (TPSA) is 43.4 Å². The average Bonchev–Trinajstić information content (AvgIpc) is 2.51. The third kappa shape index (κ3) is 1.46. The number of carbonyl (C=O) groups is 2. The molecule has 0 spiro atoms. The van der Waals surface area contributed by atoms with Gasteiger partial charge in [0.15, 0.2) is 0 Å². The van der Waals surface area contributed by atoms with E-state index in [2.05, 4.69) is 20.7 Å². The molecule has 2 rings (SSSR count). The van der Waals surface area contributed by atoms with Gasteiger partial charge in [0.05, 0.1) is 7.11 Å². The lowest BCUT2D eigenvalue weighted by molar-refractivity contribution is -0.150. The van der Waals surface area contributed by atoms with Crippen LogP contribution in [0, 0.1) is 0 Å². The summed E-state index contributed by atoms with van der Waals surface area (Å²) in [4.78, 5) is 23.0. The van der Waals surface area contributed by atoms with Crippen molar-refractivity contribution in [3.05, 3.63) is 33.8 Å². The van der Waals surface area contributed by atoms with Crippen molar-refractivity contribution in [1.82, 2.24) is 0 Å². The van der Waals surface area contributed by atoms with Crippen molar-refractivity contribution in [2.45, 2.75) is 12.1 Å². The Hall–Kier alpha value is -1.23. The molecule has 0 bridgehead atoms. The molecule has 1 aromatic carbocycles. The van der Waals surface area contributed by atoms with Crippen molar-refractivity contribution in [1.29, 1.82) is 0 Å². The highest BCUT2D eigenvalue weighted by Gasteiger charge is 2.53. The molecule has 84 valence electrons. The summed E-state index contributed by atoms with van der Waals surface area (Å²) in [6, 6.07) is 4.78. The number of esters is 1. The number of Topliss-reactive ketones (excluding diaryl/α,β-unsaturated/α-hetero) is 1. The van der Waals surface area contributed by atoms with Crippen LogP contribution in [0.3, 0.4) is 0 Å². The summed E-state index contributed by atoms with van der Waals surface area (Å²) in [5.41, 5.74) is -1.79. The van der Waals surface area contributed by atoms with Crippen LogP contribution in [-0.4, -0.2) is 24.5 Å². The van der Waals surface area contributed by atoms with Crippen LogP contribution in [-0.2, 0) is 16.0 Å². The SMILES string of the molecule is COC(=O)C1(F)Cc2cc(Br)ccc2C1=O. The second kappa shape index (κ2) is 3.66. The minimum atomic E-state index is -2.56. The zero-order chi connectivity index (χ0) is 11.9. The van der Waals surface area contributed by atoms with Gasteiger partial charge < -0.3 is 4.74 Å². The molecule has 1 aliphatic rings. The maximum absolute atomic E-state index is 14.2. The van der Waals surface area contributed by atoms with Crippen molar-refractivity contribution in [2.75, 3.05) is 7.11 Å². The molecule has 0 fully saturated rings. The largest absolute Gasteiger partial charge is 0.466 e. The number of alkyl halides is 1. The number of halogens is 2. The maximum atomic E-state index is 14.2. The van der Waals surface area contributed by atoms with Crippen LogP contribution in [0.5, 0.6) is 0 Å². The minimum Gasteiger partial charge on any atom is -0.466 e. The predicted molar refractivity (Wildman–Crippen MR) is 58.0 cm³/mol. The van der Waals surface area contributed by atoms with Crippen molar-refractivity contribution < 1.29 is 18.7 Å². The Labute approximate surface area is 99.7 Å². The van der Waals surface area contributed by atoms with Gasteiger partial charge in [-0.1, -0.05) is 15.9 Å². The third-order valence-electron chi connectivity index (χ3n) is 2.61. The van der Waals surface area contributed by atoms with Gasteiger partial charge >= 0.3 is 5.97 Å². The van der Waals surface area contributed by atoms with Crippen molar-refractivity contribution in [3.63, 3.8) is 0 Å². The highest BCUT2D eigenvalue weighted by atomic mass is 79.9. The van der Waals surface area contributed by atoms with Gasteiger partial charge in [-0.3, -0.25) is 4.79 Å². The molecular formula is C11H8BrFO3. The molecule has 0 saturated heterocycles. The number of hydrogen-bond acceptors (Lipinski definition) is 3. The molecular weight excluding hydrogens is 279 g/mol. The fourth-order valence-corrected chi connectivity index (χ4v) is 2.22. The van der Waals surface area contributed by atoms with Crippen LogP contribution >= 0.6 is 15.9 Å². The number of ketones is 1. The second-order valence-corrected chi connectivity index (χ2v) is 4.52. The van der Waals surface area contributed by atoms with E-state index >= 15 is 0 Å². The molecule has 1 aromatic rings. The molecule has 1 atom stereocenters. The van der Waals surface area contributed by atoms with Gasteiger partial charge in [0.25, 0.3) is 5.67 Å². The first kappa shape index (κ1) is 11.3. The Morgan fingerprint density at radius 1 is 1.56 bits per heavy atom. The van der Waals surface area contributed by atoms with E-state index in [1.54, 1.807) is 12.1 Å². The second-order valence-electron chi connectivity index (χ2n) is 3.60. The standard InChI is InChI=1S/C11H8BrFO3/c1-16-10(15)11(13)5-6-4-7(12)2-3-8(6)9(11)14/h2-4H,5H2,1H3. The first-order valence-corrected chi connectivity index (χ1v) is 5.39. The number of methoxy groups -OCH3 is 1. The first-order valence-electron chi connectivity index (χ1n) is 4.59. The lowest BCUT2D eigenvalue weighted by Crippen LogP contribution is -2.40. The maximum Gasteiger partial charge on any atom is 0.352 e. The molecule has 0 amide bonds. The van der Waals surface area contributed by atoms with Gasteiger partial charge in [0.2, 0.25) is 5.78 Å². The van der Waals surface area contributed by atoms with Gasteiger partial charge in [-0.15, -0.1) is 0 Å². The summed E-state index contributed by atoms with van der Waals surface area (Å²) in [5.74, 6) is -1.95. The number of carbonyl (C=O) groups excluding carboxylic acids is 2. The van der Waals surface area contributed by atoms with Gasteiger partial charge in [0.1, 0.15) is 0 Å². The molecule has 0 aromatic heterocycles. The Kier molecular flexibility index (Phi) is 2.58. The zero-order valence-electron chi connectivity index (χ0n) is 8.42. The molecule has 0 radical (unpaired) electrons. The minimum absolute atomic E-state index is 0.246. The van der Waals surface area contributed by atoms with Gasteiger partial charge in [-0.25, -0.2) is 9.18 Å². The average molecular weight is 287 g/mol. The highest BCUT2D eigenvalue weighted by molar-refractivity contribution is 9.10. The molecule has 1 aliphatic carbocycles. The number of fused-ring (bicyclic) bond motifs is 1. The van der Waals surface area contributed by atoms with Crippen LogP contribution in [0.1, 0.15) is 15.9 Å². The summed E-state index contributed by atoms with van der Waals surface area (Å²) < 4.78 is 19.3. The van der Waals surface area contributed by atoms with Gasteiger partial charge in [0, 0.05) is 16.5 Å². The van der Waals surface area contributed by atoms with Crippen molar-refractivity contribution in [2.24, 2.45) is 0 Å². The van der Waals surface area contributed by atoms with E-state index in [0.29, 0.717) is 5.56 Å². The smallest absolute Gasteiger partial charge is 0.352 e. The van der Waals surface area contributed by atoms with Crippen LogP contribution in [0.25, 0.3) is 0 Å². The quantitative estimate of drug-likeness (QED) is 0.586.